The van der Waals surface area contributed by atoms with Crippen LogP contribution in [0.5, 0.6) is 0 Å². The molecule has 0 saturated heterocycles. The van der Waals surface area contributed by atoms with Crippen molar-refractivity contribution in [3.63, 3.8) is 0 Å². The van der Waals surface area contributed by atoms with Crippen molar-refractivity contribution < 1.29 is 9.59 Å². The Kier molecular flexibility index (Phi) is 4.99. The predicted molar refractivity (Wildman–Crippen MR) is 95.2 cm³/mol. The third-order valence-corrected chi connectivity index (χ3v) is 4.40. The molecular formula is C17H17N5O2S. The fraction of sp³-hybridized carbons (Fsp3) is 0.176. The molecule has 0 aliphatic carbocycles. The number of nitrogens with zero attached hydrogens (tertiary/aromatic N) is 3. The Morgan fingerprint density at radius 1 is 1.24 bits per heavy atom. The lowest BCUT2D eigenvalue weighted by molar-refractivity contribution is -0.117. The molecule has 0 spiro atoms. The van der Waals surface area contributed by atoms with Gasteiger partial charge in [-0.3, -0.25) is 20.0 Å². The maximum absolute atomic E-state index is 12.0. The number of H-pyrrole nitrogens is 1. The van der Waals surface area contributed by atoms with Crippen LogP contribution < -0.4 is 5.32 Å². The first-order chi connectivity index (χ1) is 12.0. The molecule has 0 saturated carbocycles. The van der Waals surface area contributed by atoms with E-state index in [1.807, 2.05) is 31.2 Å². The number of hydrogen-bond donors (Lipinski definition) is 2. The van der Waals surface area contributed by atoms with E-state index in [1.54, 1.807) is 29.9 Å². The number of imide groups is 1. The lowest BCUT2D eigenvalue weighted by atomic mass is 10.1. The average molecular weight is 355 g/mol. The zero-order valence-electron chi connectivity index (χ0n) is 13.8. The first-order valence-corrected chi connectivity index (χ1v) is 8.59. The number of thioether (sulfide) groups is 1. The van der Waals surface area contributed by atoms with Crippen molar-refractivity contribution in [2.45, 2.75) is 12.1 Å². The Morgan fingerprint density at radius 2 is 2.00 bits per heavy atom. The summed E-state index contributed by atoms with van der Waals surface area (Å²) in [5.41, 5.74) is 2.52. The van der Waals surface area contributed by atoms with Crippen molar-refractivity contribution in [1.82, 2.24) is 25.1 Å². The molecule has 128 valence electrons. The van der Waals surface area contributed by atoms with Gasteiger partial charge in [0, 0.05) is 18.8 Å². The van der Waals surface area contributed by atoms with Gasteiger partial charge in [0.1, 0.15) is 5.69 Å². The number of hydrogen-bond acceptors (Lipinski definition) is 5. The van der Waals surface area contributed by atoms with Gasteiger partial charge in [-0.1, -0.05) is 41.6 Å². The van der Waals surface area contributed by atoms with E-state index in [9.17, 15) is 9.59 Å². The van der Waals surface area contributed by atoms with E-state index in [0.717, 1.165) is 11.1 Å². The highest BCUT2D eigenvalue weighted by Crippen LogP contribution is 2.19. The van der Waals surface area contributed by atoms with E-state index in [1.165, 1.54) is 11.8 Å². The minimum atomic E-state index is -0.423. The van der Waals surface area contributed by atoms with Crippen LogP contribution in [0.3, 0.4) is 0 Å². The number of amides is 2. The Hall–Kier alpha value is -2.87. The second kappa shape index (κ2) is 7.35. The van der Waals surface area contributed by atoms with Crippen molar-refractivity contribution in [2.75, 3.05) is 5.75 Å². The molecular weight excluding hydrogens is 338 g/mol. The second-order valence-corrected chi connectivity index (χ2v) is 6.45. The normalized spacial score (nSPS) is 10.6. The summed E-state index contributed by atoms with van der Waals surface area (Å²) in [6.45, 7) is 2.01. The first-order valence-electron chi connectivity index (χ1n) is 7.60. The van der Waals surface area contributed by atoms with Gasteiger partial charge < -0.3 is 4.57 Å². The van der Waals surface area contributed by atoms with Crippen molar-refractivity contribution in [2.24, 2.45) is 7.05 Å². The van der Waals surface area contributed by atoms with E-state index in [2.05, 4.69) is 20.5 Å². The number of aromatic nitrogens is 4. The molecule has 0 bridgehead atoms. The summed E-state index contributed by atoms with van der Waals surface area (Å²) in [6, 6.07) is 11.3. The van der Waals surface area contributed by atoms with Crippen LogP contribution in [0.2, 0.25) is 0 Å². The van der Waals surface area contributed by atoms with E-state index < -0.39 is 11.8 Å². The monoisotopic (exact) mass is 355 g/mol. The van der Waals surface area contributed by atoms with Gasteiger partial charge in [0.05, 0.1) is 5.75 Å². The Labute approximate surface area is 148 Å². The molecule has 2 amide bonds. The van der Waals surface area contributed by atoms with Gasteiger partial charge in [-0.2, -0.15) is 0 Å². The van der Waals surface area contributed by atoms with Crippen molar-refractivity contribution >= 4 is 23.6 Å². The van der Waals surface area contributed by atoms with Gasteiger partial charge in [-0.15, -0.1) is 5.10 Å². The fourth-order valence-corrected chi connectivity index (χ4v) is 2.80. The van der Waals surface area contributed by atoms with Crippen LogP contribution >= 0.6 is 11.8 Å². The molecule has 0 fully saturated rings. The summed E-state index contributed by atoms with van der Waals surface area (Å²) in [7, 11) is 1.74. The minimum Gasteiger partial charge on any atom is -0.347 e. The molecule has 0 unspecified atom stereocenters. The van der Waals surface area contributed by atoms with Crippen molar-refractivity contribution in [3.05, 3.63) is 53.9 Å². The third kappa shape index (κ3) is 4.16. The summed E-state index contributed by atoms with van der Waals surface area (Å²) in [4.78, 5) is 28.2. The maximum Gasteiger partial charge on any atom is 0.274 e. The second-order valence-electron chi connectivity index (χ2n) is 5.50. The molecule has 2 aromatic heterocycles. The highest BCUT2D eigenvalue weighted by molar-refractivity contribution is 7.99. The van der Waals surface area contributed by atoms with E-state index >= 15 is 0 Å². The van der Waals surface area contributed by atoms with Gasteiger partial charge in [-0.05, 0) is 19.1 Å². The predicted octanol–water partition coefficient (Wildman–Crippen LogP) is 2.17. The molecule has 0 aliphatic heterocycles. The average Bonchev–Trinajstić information content (AvgIpc) is 3.22. The molecule has 7 nitrogen and oxygen atoms in total. The number of carbonyl (C=O) groups excluding carboxylic acids is 2. The quantitative estimate of drug-likeness (QED) is 0.684. The fourth-order valence-electron chi connectivity index (χ4n) is 2.21. The van der Waals surface area contributed by atoms with Crippen LogP contribution in [0.4, 0.5) is 0 Å². The zero-order valence-corrected chi connectivity index (χ0v) is 14.6. The molecule has 0 aliphatic rings. The molecule has 25 heavy (non-hydrogen) atoms. The Morgan fingerprint density at radius 3 is 2.68 bits per heavy atom. The maximum atomic E-state index is 12.0. The summed E-state index contributed by atoms with van der Waals surface area (Å²) >= 11 is 1.17. The summed E-state index contributed by atoms with van der Waals surface area (Å²) in [6.07, 6.45) is 1.74. The standard InChI is InChI=1S/C17H17N5O2S/c1-11-5-7-12(8-6-11)15-19-17(21-20-15)25-10-14(23)18-16(24)13-4-3-9-22(13)2/h3-9H,10H2,1-2H3,(H,18,23,24)(H,19,20,21). The van der Waals surface area contributed by atoms with Crippen molar-refractivity contribution in [3.8, 4) is 11.4 Å². The molecule has 3 aromatic rings. The van der Waals surface area contributed by atoms with Crippen LogP contribution in [-0.4, -0.2) is 37.3 Å². The largest absolute Gasteiger partial charge is 0.347 e. The molecule has 1 aromatic carbocycles. The number of aromatic amines is 1. The first kappa shape index (κ1) is 17.0. The number of carbonyl (C=O) groups is 2. The highest BCUT2D eigenvalue weighted by atomic mass is 32.2. The topological polar surface area (TPSA) is 92.7 Å². The minimum absolute atomic E-state index is 0.0569. The van der Waals surface area contributed by atoms with Gasteiger partial charge >= 0.3 is 0 Å². The Bertz CT molecular complexity index is 898. The lowest BCUT2D eigenvalue weighted by Gasteiger charge is -2.04. The number of aryl methyl sites for hydroxylation is 2. The van der Waals surface area contributed by atoms with Crippen LogP contribution in [0.1, 0.15) is 16.1 Å². The van der Waals surface area contributed by atoms with Crippen LogP contribution in [0, 0.1) is 6.92 Å². The number of rotatable bonds is 5. The third-order valence-electron chi connectivity index (χ3n) is 3.55. The van der Waals surface area contributed by atoms with Crippen LogP contribution in [0.25, 0.3) is 11.4 Å². The summed E-state index contributed by atoms with van der Waals surface area (Å²) in [5, 5.41) is 9.75. The molecule has 0 atom stereocenters. The molecule has 2 N–H and O–H groups in total. The van der Waals surface area contributed by atoms with Gasteiger partial charge in [0.25, 0.3) is 5.91 Å². The summed E-state index contributed by atoms with van der Waals surface area (Å²) < 4.78 is 1.65. The molecule has 0 radical (unpaired) electrons. The van der Waals surface area contributed by atoms with E-state index in [4.69, 9.17) is 0 Å². The Balaban J connectivity index is 1.55. The van der Waals surface area contributed by atoms with E-state index in [0.29, 0.717) is 16.7 Å². The molecule has 3 rings (SSSR count). The number of benzene rings is 1. The van der Waals surface area contributed by atoms with Gasteiger partial charge in [0.2, 0.25) is 11.1 Å². The van der Waals surface area contributed by atoms with Gasteiger partial charge in [0.15, 0.2) is 5.82 Å². The lowest BCUT2D eigenvalue weighted by Crippen LogP contribution is -2.32. The zero-order chi connectivity index (χ0) is 17.8. The van der Waals surface area contributed by atoms with Gasteiger partial charge in [-0.25, -0.2) is 4.98 Å². The highest BCUT2D eigenvalue weighted by Gasteiger charge is 2.14. The van der Waals surface area contributed by atoms with Crippen LogP contribution in [0.15, 0.2) is 47.8 Å². The summed E-state index contributed by atoms with van der Waals surface area (Å²) in [5.74, 6) is -0.115. The van der Waals surface area contributed by atoms with Crippen molar-refractivity contribution in [1.29, 1.82) is 0 Å². The van der Waals surface area contributed by atoms with E-state index in [-0.39, 0.29) is 5.75 Å². The molecule has 8 heteroatoms. The smallest absolute Gasteiger partial charge is 0.274 e. The number of nitrogens with one attached hydrogen (secondary N) is 2. The SMILES string of the molecule is Cc1ccc(-c2nc(SCC(=O)NC(=O)c3cccn3C)n[nH]2)cc1. The van der Waals surface area contributed by atoms with Crippen LogP contribution in [-0.2, 0) is 11.8 Å². The molecule has 2 heterocycles.